The number of thioether (sulfide) groups is 1. The van der Waals surface area contributed by atoms with Gasteiger partial charge in [0.05, 0.1) is 18.8 Å². The van der Waals surface area contributed by atoms with E-state index in [1.165, 1.54) is 16.7 Å². The predicted molar refractivity (Wildman–Crippen MR) is 69.9 cm³/mol. The van der Waals surface area contributed by atoms with E-state index in [-0.39, 0.29) is 12.1 Å². The molecule has 0 amide bonds. The molecule has 1 aliphatic rings. The van der Waals surface area contributed by atoms with Crippen LogP contribution in [0.4, 0.5) is 0 Å². The Morgan fingerprint density at radius 3 is 2.81 bits per heavy atom. The van der Waals surface area contributed by atoms with Crippen LogP contribution in [0.15, 0.2) is 18.2 Å². The summed E-state index contributed by atoms with van der Waals surface area (Å²) in [6.45, 7) is 5.08. The molecule has 2 N–H and O–H groups in total. The molecular weight excluding hydrogens is 218 g/mol. The summed E-state index contributed by atoms with van der Waals surface area (Å²) in [5, 5.41) is 0. The minimum atomic E-state index is 0.00657. The number of aryl methyl sites for hydroxylation is 2. The van der Waals surface area contributed by atoms with Gasteiger partial charge in [-0.05, 0) is 30.5 Å². The first-order valence-electron chi connectivity index (χ1n) is 5.70. The molecule has 1 heterocycles. The quantitative estimate of drug-likeness (QED) is 0.858. The molecule has 0 bridgehead atoms. The Hall–Kier alpha value is -0.510. The highest BCUT2D eigenvalue weighted by molar-refractivity contribution is 7.99. The van der Waals surface area contributed by atoms with E-state index in [0.29, 0.717) is 0 Å². The van der Waals surface area contributed by atoms with Crippen molar-refractivity contribution < 1.29 is 4.74 Å². The van der Waals surface area contributed by atoms with Crippen LogP contribution in [0.1, 0.15) is 22.7 Å². The first kappa shape index (κ1) is 12.0. The minimum Gasteiger partial charge on any atom is -0.375 e. The van der Waals surface area contributed by atoms with Crippen molar-refractivity contribution in [2.75, 3.05) is 18.1 Å². The van der Waals surface area contributed by atoms with Crippen molar-refractivity contribution in [3.8, 4) is 0 Å². The van der Waals surface area contributed by atoms with Crippen LogP contribution in [-0.2, 0) is 4.74 Å². The molecule has 0 saturated carbocycles. The van der Waals surface area contributed by atoms with Gasteiger partial charge in [0.15, 0.2) is 0 Å². The van der Waals surface area contributed by atoms with E-state index < -0.39 is 0 Å². The molecule has 16 heavy (non-hydrogen) atoms. The van der Waals surface area contributed by atoms with Gasteiger partial charge < -0.3 is 10.5 Å². The minimum absolute atomic E-state index is 0.00657. The summed E-state index contributed by atoms with van der Waals surface area (Å²) in [5.41, 5.74) is 10.1. The maximum absolute atomic E-state index is 6.25. The van der Waals surface area contributed by atoms with Crippen LogP contribution in [0.2, 0.25) is 0 Å². The normalized spacial score (nSPS) is 23.1. The van der Waals surface area contributed by atoms with E-state index in [1.54, 1.807) is 0 Å². The van der Waals surface area contributed by atoms with Crippen molar-refractivity contribution >= 4 is 11.8 Å². The second-order valence-electron chi connectivity index (χ2n) is 4.35. The third-order valence-corrected chi connectivity index (χ3v) is 4.18. The SMILES string of the molecule is Cc1ccc(C(N)C2CSCCO2)cc1C. The van der Waals surface area contributed by atoms with Gasteiger partial charge in [-0.1, -0.05) is 18.2 Å². The Labute approximate surface area is 102 Å². The third kappa shape index (κ3) is 2.59. The van der Waals surface area contributed by atoms with Gasteiger partial charge in [-0.25, -0.2) is 0 Å². The average Bonchev–Trinajstić information content (AvgIpc) is 2.33. The van der Waals surface area contributed by atoms with Crippen LogP contribution in [-0.4, -0.2) is 24.2 Å². The highest BCUT2D eigenvalue weighted by atomic mass is 32.2. The lowest BCUT2D eigenvalue weighted by molar-refractivity contribution is 0.0569. The van der Waals surface area contributed by atoms with E-state index in [9.17, 15) is 0 Å². The summed E-state index contributed by atoms with van der Waals surface area (Å²) >= 11 is 1.93. The Balaban J connectivity index is 2.12. The number of nitrogens with two attached hydrogens (primary N) is 1. The first-order valence-corrected chi connectivity index (χ1v) is 6.86. The highest BCUT2D eigenvalue weighted by Crippen LogP contribution is 2.24. The Morgan fingerprint density at radius 1 is 1.38 bits per heavy atom. The second-order valence-corrected chi connectivity index (χ2v) is 5.50. The second kappa shape index (κ2) is 5.21. The molecular formula is C13H19NOS. The van der Waals surface area contributed by atoms with Gasteiger partial charge in [-0.15, -0.1) is 0 Å². The smallest absolute Gasteiger partial charge is 0.0858 e. The van der Waals surface area contributed by atoms with E-state index >= 15 is 0 Å². The van der Waals surface area contributed by atoms with Crippen LogP contribution in [0.5, 0.6) is 0 Å². The molecule has 0 spiro atoms. The lowest BCUT2D eigenvalue weighted by Crippen LogP contribution is -2.34. The number of hydrogen-bond acceptors (Lipinski definition) is 3. The van der Waals surface area contributed by atoms with Gasteiger partial charge in [0.1, 0.15) is 0 Å². The van der Waals surface area contributed by atoms with Crippen LogP contribution >= 0.6 is 11.8 Å². The van der Waals surface area contributed by atoms with Crippen molar-refractivity contribution in [3.05, 3.63) is 34.9 Å². The maximum Gasteiger partial charge on any atom is 0.0858 e. The Bertz CT molecular complexity index is 361. The number of rotatable bonds is 2. The first-order chi connectivity index (χ1) is 7.68. The standard InChI is InChI=1S/C13H19NOS/c1-9-3-4-11(7-10(9)2)13(14)12-8-16-6-5-15-12/h3-4,7,12-13H,5-6,8,14H2,1-2H3. The molecule has 3 heteroatoms. The summed E-state index contributed by atoms with van der Waals surface area (Å²) in [5.74, 6) is 2.10. The zero-order valence-electron chi connectivity index (χ0n) is 9.90. The van der Waals surface area contributed by atoms with E-state index in [4.69, 9.17) is 10.5 Å². The molecule has 88 valence electrons. The van der Waals surface area contributed by atoms with E-state index in [0.717, 1.165) is 18.1 Å². The van der Waals surface area contributed by atoms with Crippen molar-refractivity contribution in [1.82, 2.24) is 0 Å². The molecule has 1 aliphatic heterocycles. The Morgan fingerprint density at radius 2 is 2.19 bits per heavy atom. The van der Waals surface area contributed by atoms with Gasteiger partial charge in [0.2, 0.25) is 0 Å². The zero-order valence-corrected chi connectivity index (χ0v) is 10.7. The maximum atomic E-state index is 6.25. The van der Waals surface area contributed by atoms with E-state index in [1.807, 2.05) is 11.8 Å². The predicted octanol–water partition coefficient (Wildman–Crippen LogP) is 2.44. The van der Waals surface area contributed by atoms with Crippen molar-refractivity contribution in [1.29, 1.82) is 0 Å². The number of benzene rings is 1. The topological polar surface area (TPSA) is 35.2 Å². The molecule has 2 atom stereocenters. The molecule has 2 unspecified atom stereocenters. The van der Waals surface area contributed by atoms with Crippen molar-refractivity contribution in [2.45, 2.75) is 26.0 Å². The fourth-order valence-corrected chi connectivity index (χ4v) is 2.82. The zero-order chi connectivity index (χ0) is 11.5. The van der Waals surface area contributed by atoms with Gasteiger partial charge in [-0.2, -0.15) is 11.8 Å². The fourth-order valence-electron chi connectivity index (χ4n) is 1.90. The van der Waals surface area contributed by atoms with Crippen molar-refractivity contribution in [2.24, 2.45) is 5.73 Å². The molecule has 0 aromatic heterocycles. The molecule has 1 aromatic rings. The lowest BCUT2D eigenvalue weighted by Gasteiger charge is -2.28. The summed E-state index contributed by atoms with van der Waals surface area (Å²) in [4.78, 5) is 0. The largest absolute Gasteiger partial charge is 0.375 e. The molecule has 2 rings (SSSR count). The Kier molecular flexibility index (Phi) is 3.90. The van der Waals surface area contributed by atoms with Crippen molar-refractivity contribution in [3.63, 3.8) is 0 Å². The molecule has 0 radical (unpaired) electrons. The highest BCUT2D eigenvalue weighted by Gasteiger charge is 2.23. The summed E-state index contributed by atoms with van der Waals surface area (Å²) in [7, 11) is 0. The third-order valence-electron chi connectivity index (χ3n) is 3.16. The molecule has 0 aliphatic carbocycles. The summed E-state index contributed by atoms with van der Waals surface area (Å²) in [6.07, 6.45) is 0.167. The molecule has 1 fully saturated rings. The van der Waals surface area contributed by atoms with Crippen LogP contribution in [0.3, 0.4) is 0 Å². The fraction of sp³-hybridized carbons (Fsp3) is 0.538. The molecule has 1 saturated heterocycles. The molecule has 2 nitrogen and oxygen atoms in total. The van der Waals surface area contributed by atoms with Gasteiger partial charge in [0, 0.05) is 11.5 Å². The number of ether oxygens (including phenoxy) is 1. The van der Waals surface area contributed by atoms with E-state index in [2.05, 4.69) is 32.0 Å². The summed E-state index contributed by atoms with van der Waals surface area (Å²) in [6, 6.07) is 6.45. The van der Waals surface area contributed by atoms with Gasteiger partial charge >= 0.3 is 0 Å². The van der Waals surface area contributed by atoms with Crippen LogP contribution in [0, 0.1) is 13.8 Å². The van der Waals surface area contributed by atoms with Crippen LogP contribution < -0.4 is 5.73 Å². The van der Waals surface area contributed by atoms with Gasteiger partial charge in [0.25, 0.3) is 0 Å². The average molecular weight is 237 g/mol. The van der Waals surface area contributed by atoms with Crippen LogP contribution in [0.25, 0.3) is 0 Å². The van der Waals surface area contributed by atoms with Gasteiger partial charge in [-0.3, -0.25) is 0 Å². The molecule has 1 aromatic carbocycles. The lowest BCUT2D eigenvalue weighted by atomic mass is 9.98. The summed E-state index contributed by atoms with van der Waals surface area (Å²) < 4.78 is 5.72. The monoisotopic (exact) mass is 237 g/mol. The number of hydrogen-bond donors (Lipinski definition) is 1.